The van der Waals surface area contributed by atoms with Crippen LogP contribution in [0.2, 0.25) is 0 Å². The van der Waals surface area contributed by atoms with Gasteiger partial charge in [-0.05, 0) is 37.9 Å². The van der Waals surface area contributed by atoms with Crippen LogP contribution in [0.1, 0.15) is 52.9 Å². The SMILES string of the molecule is CC(C)CCC[C@@H](C)N[C@H]1CCCSC1. The summed E-state index contributed by atoms with van der Waals surface area (Å²) >= 11 is 2.11. The van der Waals surface area contributed by atoms with Gasteiger partial charge in [0.15, 0.2) is 0 Å². The number of rotatable bonds is 6. The van der Waals surface area contributed by atoms with Crippen molar-refractivity contribution < 1.29 is 0 Å². The van der Waals surface area contributed by atoms with Gasteiger partial charge in [0.2, 0.25) is 0 Å². The molecule has 1 aliphatic rings. The average Bonchev–Trinajstić information content (AvgIpc) is 2.18. The maximum Gasteiger partial charge on any atom is 0.0160 e. The molecule has 15 heavy (non-hydrogen) atoms. The van der Waals surface area contributed by atoms with E-state index >= 15 is 0 Å². The van der Waals surface area contributed by atoms with Crippen molar-refractivity contribution in [1.29, 1.82) is 0 Å². The highest BCUT2D eigenvalue weighted by Crippen LogP contribution is 2.18. The van der Waals surface area contributed by atoms with Gasteiger partial charge in [-0.25, -0.2) is 0 Å². The van der Waals surface area contributed by atoms with Crippen molar-refractivity contribution in [2.75, 3.05) is 11.5 Å². The standard InChI is InChI=1S/C13H27NS/c1-11(2)6-4-7-12(3)14-13-8-5-9-15-10-13/h11-14H,4-10H2,1-3H3/t12-,13+/m1/s1. The fourth-order valence-electron chi connectivity index (χ4n) is 2.19. The van der Waals surface area contributed by atoms with E-state index in [1.165, 1.54) is 43.6 Å². The molecule has 1 N–H and O–H groups in total. The van der Waals surface area contributed by atoms with Crippen LogP contribution in [0.5, 0.6) is 0 Å². The van der Waals surface area contributed by atoms with Gasteiger partial charge < -0.3 is 5.32 Å². The zero-order chi connectivity index (χ0) is 11.1. The predicted molar refractivity (Wildman–Crippen MR) is 71.6 cm³/mol. The van der Waals surface area contributed by atoms with E-state index in [4.69, 9.17) is 0 Å². The normalized spacial score (nSPS) is 24.4. The first-order chi connectivity index (χ1) is 7.18. The lowest BCUT2D eigenvalue weighted by Gasteiger charge is -2.26. The molecule has 1 nitrogen and oxygen atoms in total. The van der Waals surface area contributed by atoms with Crippen molar-refractivity contribution in [3.05, 3.63) is 0 Å². The summed E-state index contributed by atoms with van der Waals surface area (Å²) in [4.78, 5) is 0. The summed E-state index contributed by atoms with van der Waals surface area (Å²) in [6.45, 7) is 6.98. The number of hydrogen-bond donors (Lipinski definition) is 1. The highest BCUT2D eigenvalue weighted by molar-refractivity contribution is 7.99. The zero-order valence-electron chi connectivity index (χ0n) is 10.6. The number of hydrogen-bond acceptors (Lipinski definition) is 2. The van der Waals surface area contributed by atoms with Gasteiger partial charge in [0.1, 0.15) is 0 Å². The third kappa shape index (κ3) is 6.47. The predicted octanol–water partition coefficient (Wildman–Crippen LogP) is 3.69. The van der Waals surface area contributed by atoms with Crippen LogP contribution in [0.4, 0.5) is 0 Å². The summed E-state index contributed by atoms with van der Waals surface area (Å²) in [6.07, 6.45) is 6.90. The lowest BCUT2D eigenvalue weighted by Crippen LogP contribution is -2.39. The van der Waals surface area contributed by atoms with Crippen LogP contribution >= 0.6 is 11.8 Å². The number of thioether (sulfide) groups is 1. The fraction of sp³-hybridized carbons (Fsp3) is 1.00. The first kappa shape index (κ1) is 13.4. The quantitative estimate of drug-likeness (QED) is 0.745. The molecule has 1 fully saturated rings. The van der Waals surface area contributed by atoms with E-state index < -0.39 is 0 Å². The summed E-state index contributed by atoms with van der Waals surface area (Å²) < 4.78 is 0. The van der Waals surface area contributed by atoms with Crippen molar-refractivity contribution in [1.82, 2.24) is 5.32 Å². The molecule has 0 aromatic heterocycles. The van der Waals surface area contributed by atoms with Crippen LogP contribution in [-0.4, -0.2) is 23.6 Å². The second-order valence-electron chi connectivity index (χ2n) is 5.31. The maximum absolute atomic E-state index is 3.77. The second kappa shape index (κ2) is 7.56. The smallest absolute Gasteiger partial charge is 0.0160 e. The molecule has 0 bridgehead atoms. The Morgan fingerprint density at radius 1 is 1.27 bits per heavy atom. The van der Waals surface area contributed by atoms with Gasteiger partial charge >= 0.3 is 0 Å². The summed E-state index contributed by atoms with van der Waals surface area (Å²) in [6, 6.07) is 1.50. The van der Waals surface area contributed by atoms with Crippen molar-refractivity contribution in [3.8, 4) is 0 Å². The molecule has 1 rings (SSSR count). The molecular formula is C13H27NS. The topological polar surface area (TPSA) is 12.0 Å². The van der Waals surface area contributed by atoms with E-state index in [0.717, 1.165) is 12.0 Å². The molecule has 0 spiro atoms. The minimum atomic E-state index is 0.715. The van der Waals surface area contributed by atoms with Gasteiger partial charge in [-0.15, -0.1) is 0 Å². The fourth-order valence-corrected chi connectivity index (χ4v) is 3.28. The lowest BCUT2D eigenvalue weighted by atomic mass is 10.0. The van der Waals surface area contributed by atoms with Crippen molar-refractivity contribution >= 4 is 11.8 Å². The Bertz CT molecular complexity index is 153. The summed E-state index contributed by atoms with van der Waals surface area (Å²) in [5, 5.41) is 3.77. The zero-order valence-corrected chi connectivity index (χ0v) is 11.4. The molecule has 0 unspecified atom stereocenters. The van der Waals surface area contributed by atoms with Crippen LogP contribution < -0.4 is 5.32 Å². The third-order valence-electron chi connectivity index (χ3n) is 3.10. The van der Waals surface area contributed by atoms with Crippen LogP contribution in [0.3, 0.4) is 0 Å². The van der Waals surface area contributed by atoms with E-state index in [9.17, 15) is 0 Å². The van der Waals surface area contributed by atoms with E-state index in [2.05, 4.69) is 37.8 Å². The van der Waals surface area contributed by atoms with E-state index in [0.29, 0.717) is 6.04 Å². The second-order valence-corrected chi connectivity index (χ2v) is 6.46. The first-order valence-electron chi connectivity index (χ1n) is 6.52. The van der Waals surface area contributed by atoms with Crippen molar-refractivity contribution in [2.24, 2.45) is 5.92 Å². The minimum absolute atomic E-state index is 0.715. The van der Waals surface area contributed by atoms with E-state index in [1.54, 1.807) is 0 Å². The molecule has 0 radical (unpaired) electrons. The Kier molecular flexibility index (Phi) is 6.74. The Labute approximate surface area is 99.8 Å². The van der Waals surface area contributed by atoms with Crippen LogP contribution in [0, 0.1) is 5.92 Å². The molecule has 0 amide bonds. The molecule has 0 aromatic rings. The summed E-state index contributed by atoms with van der Waals surface area (Å²) in [5.41, 5.74) is 0. The molecule has 0 saturated carbocycles. The Hall–Kier alpha value is 0.310. The highest BCUT2D eigenvalue weighted by Gasteiger charge is 2.15. The molecule has 0 aliphatic carbocycles. The molecule has 2 atom stereocenters. The molecule has 0 aromatic carbocycles. The van der Waals surface area contributed by atoms with Crippen molar-refractivity contribution in [3.63, 3.8) is 0 Å². The third-order valence-corrected chi connectivity index (χ3v) is 4.31. The molecule has 1 saturated heterocycles. The van der Waals surface area contributed by atoms with Gasteiger partial charge in [0.05, 0.1) is 0 Å². The highest BCUT2D eigenvalue weighted by atomic mass is 32.2. The van der Waals surface area contributed by atoms with E-state index in [1.807, 2.05) is 0 Å². The minimum Gasteiger partial charge on any atom is -0.311 e. The van der Waals surface area contributed by atoms with Gasteiger partial charge in [0.25, 0.3) is 0 Å². The van der Waals surface area contributed by atoms with Crippen LogP contribution in [0.25, 0.3) is 0 Å². The first-order valence-corrected chi connectivity index (χ1v) is 7.67. The van der Waals surface area contributed by atoms with Gasteiger partial charge in [-0.2, -0.15) is 11.8 Å². The average molecular weight is 229 g/mol. The summed E-state index contributed by atoms with van der Waals surface area (Å²) in [7, 11) is 0. The summed E-state index contributed by atoms with van der Waals surface area (Å²) in [5.74, 6) is 3.57. The van der Waals surface area contributed by atoms with Crippen molar-refractivity contribution in [2.45, 2.75) is 65.0 Å². The molecule has 2 heteroatoms. The number of nitrogens with one attached hydrogen (secondary N) is 1. The Morgan fingerprint density at radius 2 is 2.07 bits per heavy atom. The largest absolute Gasteiger partial charge is 0.311 e. The maximum atomic E-state index is 3.77. The van der Waals surface area contributed by atoms with Gasteiger partial charge in [0, 0.05) is 17.8 Å². The van der Waals surface area contributed by atoms with Gasteiger partial charge in [-0.3, -0.25) is 0 Å². The van der Waals surface area contributed by atoms with E-state index in [-0.39, 0.29) is 0 Å². The molecule has 1 heterocycles. The Balaban J connectivity index is 2.03. The van der Waals surface area contributed by atoms with Crippen LogP contribution in [0.15, 0.2) is 0 Å². The lowest BCUT2D eigenvalue weighted by molar-refractivity contribution is 0.404. The Morgan fingerprint density at radius 3 is 2.67 bits per heavy atom. The molecular weight excluding hydrogens is 202 g/mol. The monoisotopic (exact) mass is 229 g/mol. The van der Waals surface area contributed by atoms with Gasteiger partial charge in [-0.1, -0.05) is 26.7 Å². The molecule has 1 aliphatic heterocycles. The molecule has 90 valence electrons. The van der Waals surface area contributed by atoms with Crippen LogP contribution in [-0.2, 0) is 0 Å².